The molecule has 0 N–H and O–H groups in total. The summed E-state index contributed by atoms with van der Waals surface area (Å²) in [4.78, 5) is 0. The molecule has 0 radical (unpaired) electrons. The second kappa shape index (κ2) is 21.4. The molecule has 0 saturated heterocycles. The third-order valence-electron chi connectivity index (χ3n) is 7.47. The Morgan fingerprint density at radius 3 is 1.36 bits per heavy atom. The maximum atomic E-state index is 12.2. The van der Waals surface area contributed by atoms with Crippen LogP contribution in [-0.4, -0.2) is 40.8 Å². The number of imidazole rings is 1. The van der Waals surface area contributed by atoms with Crippen molar-refractivity contribution in [1.29, 1.82) is 0 Å². The molecule has 45 heavy (non-hydrogen) atoms. The van der Waals surface area contributed by atoms with Crippen LogP contribution in [0, 0.1) is 0 Å². The number of halogens is 9. The van der Waals surface area contributed by atoms with Crippen LogP contribution in [0.4, 0.5) is 39.5 Å². The highest BCUT2D eigenvalue weighted by molar-refractivity contribution is 7.86. The van der Waals surface area contributed by atoms with Crippen LogP contribution >= 0.6 is 0 Å². The molecular formula is C30H51F9N2O3S. The summed E-state index contributed by atoms with van der Waals surface area (Å²) in [5.41, 5.74) is 0. The Morgan fingerprint density at radius 1 is 0.600 bits per heavy atom. The van der Waals surface area contributed by atoms with E-state index in [2.05, 4.69) is 41.7 Å². The van der Waals surface area contributed by atoms with Gasteiger partial charge in [0.05, 0.1) is 13.1 Å². The summed E-state index contributed by atoms with van der Waals surface area (Å²) in [5, 5.41) is -7.11. The van der Waals surface area contributed by atoms with E-state index in [-0.39, 0.29) is 0 Å². The highest BCUT2D eigenvalue weighted by atomic mass is 32.2. The number of aromatic nitrogens is 2. The summed E-state index contributed by atoms with van der Waals surface area (Å²) >= 11 is 0. The van der Waals surface area contributed by atoms with E-state index in [0.29, 0.717) is 0 Å². The Labute approximate surface area is 262 Å². The molecule has 1 aromatic heterocycles. The van der Waals surface area contributed by atoms with Gasteiger partial charge in [-0.15, -0.1) is 0 Å². The highest BCUT2D eigenvalue weighted by Crippen LogP contribution is 2.54. The topological polar surface area (TPSA) is 66.0 Å². The van der Waals surface area contributed by atoms with Crippen molar-refractivity contribution in [2.45, 2.75) is 172 Å². The van der Waals surface area contributed by atoms with E-state index >= 15 is 0 Å². The lowest BCUT2D eigenvalue weighted by molar-refractivity contribution is -0.696. The summed E-state index contributed by atoms with van der Waals surface area (Å²) in [6.07, 6.45) is 26.6. The Balaban J connectivity index is 0.000000976. The average molecular weight is 691 g/mol. The fraction of sp³-hybridized carbons (Fsp3) is 0.900. The minimum atomic E-state index is -7.43. The summed E-state index contributed by atoms with van der Waals surface area (Å²) in [6, 6.07) is 0. The van der Waals surface area contributed by atoms with Gasteiger partial charge in [-0.2, -0.15) is 39.5 Å². The van der Waals surface area contributed by atoms with Crippen LogP contribution in [0.5, 0.6) is 0 Å². The lowest BCUT2D eigenvalue weighted by Crippen LogP contribution is -2.63. The first-order valence-corrected chi connectivity index (χ1v) is 17.5. The quantitative estimate of drug-likeness (QED) is 0.0469. The molecule has 0 spiro atoms. The van der Waals surface area contributed by atoms with Crippen molar-refractivity contribution in [1.82, 2.24) is 4.57 Å². The first-order chi connectivity index (χ1) is 20.9. The number of hydrogen-bond donors (Lipinski definition) is 0. The lowest BCUT2D eigenvalue weighted by Gasteiger charge is -2.34. The zero-order valence-corrected chi connectivity index (χ0v) is 27.3. The fourth-order valence-corrected chi connectivity index (χ4v) is 5.05. The van der Waals surface area contributed by atoms with Crippen LogP contribution in [0.15, 0.2) is 18.7 Å². The molecule has 15 heteroatoms. The minimum Gasteiger partial charge on any atom is -0.743 e. The molecule has 0 atom stereocenters. The second-order valence-corrected chi connectivity index (χ2v) is 12.9. The van der Waals surface area contributed by atoms with Crippen molar-refractivity contribution < 1.29 is 57.1 Å². The largest absolute Gasteiger partial charge is 0.743 e. The van der Waals surface area contributed by atoms with Crippen LogP contribution in [0.25, 0.3) is 0 Å². The lowest BCUT2D eigenvalue weighted by atomic mass is 10.1. The summed E-state index contributed by atoms with van der Waals surface area (Å²) in [5.74, 6) is -14.8. The van der Waals surface area contributed by atoms with Gasteiger partial charge in [-0.1, -0.05) is 110 Å². The standard InChI is InChI=1S/C26H51N2.C4HF9O3S/c1-3-5-7-9-11-13-15-17-19-21-23-28-25-24-27(26-28)22-20-18-16-14-12-10-8-6-4-2;5-1(6,3(9,10)11)2(7,8)4(12,13)17(14,15)16/h24-26H,3-23H2,1-2H3;(H,14,15,16)/q+1;/p-1. The Hall–Kier alpha value is -1.51. The third-order valence-corrected chi connectivity index (χ3v) is 8.35. The van der Waals surface area contributed by atoms with Crippen molar-refractivity contribution in [3.8, 4) is 0 Å². The number of nitrogens with zero attached hydrogens (tertiary/aromatic N) is 2. The van der Waals surface area contributed by atoms with Gasteiger partial charge in [0, 0.05) is 0 Å². The molecule has 0 aromatic carbocycles. The molecule has 0 aliphatic carbocycles. The molecule has 1 aromatic rings. The van der Waals surface area contributed by atoms with Crippen LogP contribution in [0.2, 0.25) is 0 Å². The fourth-order valence-electron chi connectivity index (χ4n) is 4.61. The molecule has 0 bridgehead atoms. The molecule has 1 rings (SSSR count). The molecule has 268 valence electrons. The van der Waals surface area contributed by atoms with E-state index in [1.807, 2.05) is 0 Å². The maximum Gasteiger partial charge on any atom is 0.460 e. The number of unbranched alkanes of at least 4 members (excludes halogenated alkanes) is 17. The summed E-state index contributed by atoms with van der Waals surface area (Å²) in [7, 11) is -7.42. The number of alkyl halides is 9. The predicted octanol–water partition coefficient (Wildman–Crippen LogP) is 10.2. The van der Waals surface area contributed by atoms with Crippen molar-refractivity contribution in [2.24, 2.45) is 0 Å². The van der Waals surface area contributed by atoms with Gasteiger partial charge < -0.3 is 4.55 Å². The zero-order chi connectivity index (χ0) is 34.6. The van der Waals surface area contributed by atoms with Gasteiger partial charge in [0.1, 0.15) is 12.4 Å². The summed E-state index contributed by atoms with van der Waals surface area (Å²) < 4.78 is 140. The van der Waals surface area contributed by atoms with E-state index in [4.69, 9.17) is 0 Å². The van der Waals surface area contributed by atoms with Crippen molar-refractivity contribution in [3.63, 3.8) is 0 Å². The first-order valence-electron chi connectivity index (χ1n) is 16.1. The smallest absolute Gasteiger partial charge is 0.460 e. The summed E-state index contributed by atoms with van der Waals surface area (Å²) in [6.45, 7) is 6.98. The minimum absolute atomic E-state index is 1.20. The molecule has 0 aliphatic rings. The molecule has 5 nitrogen and oxygen atoms in total. The van der Waals surface area contributed by atoms with Crippen molar-refractivity contribution in [3.05, 3.63) is 18.7 Å². The molecular weight excluding hydrogens is 639 g/mol. The number of hydrogen-bond acceptors (Lipinski definition) is 3. The second-order valence-electron chi connectivity index (χ2n) is 11.5. The van der Waals surface area contributed by atoms with Crippen LogP contribution in [-0.2, 0) is 23.2 Å². The Kier molecular flexibility index (Phi) is 20.7. The third kappa shape index (κ3) is 15.8. The first kappa shape index (κ1) is 43.5. The van der Waals surface area contributed by atoms with Crippen LogP contribution < -0.4 is 4.57 Å². The number of rotatable bonds is 24. The molecule has 0 amide bonds. The Bertz CT molecular complexity index is 1000. The molecule has 0 saturated carbocycles. The highest BCUT2D eigenvalue weighted by Gasteiger charge is 2.83. The van der Waals surface area contributed by atoms with E-state index < -0.39 is 33.4 Å². The van der Waals surface area contributed by atoms with Gasteiger partial charge in [-0.3, -0.25) is 0 Å². The van der Waals surface area contributed by atoms with E-state index in [0.717, 1.165) is 0 Å². The van der Waals surface area contributed by atoms with Crippen molar-refractivity contribution >= 4 is 10.1 Å². The van der Waals surface area contributed by atoms with Crippen molar-refractivity contribution in [2.75, 3.05) is 0 Å². The van der Waals surface area contributed by atoms with E-state index in [1.54, 1.807) is 0 Å². The molecule has 0 unspecified atom stereocenters. The van der Waals surface area contributed by atoms with Gasteiger partial charge in [0.2, 0.25) is 6.33 Å². The van der Waals surface area contributed by atoms with Gasteiger partial charge in [0.15, 0.2) is 10.1 Å². The molecule has 0 fully saturated rings. The average Bonchev–Trinajstić information content (AvgIpc) is 3.39. The molecule has 0 aliphatic heterocycles. The monoisotopic (exact) mass is 690 g/mol. The van der Waals surface area contributed by atoms with Gasteiger partial charge in [-0.05, 0) is 25.7 Å². The number of aryl methyl sites for hydroxylation is 2. The van der Waals surface area contributed by atoms with Crippen LogP contribution in [0.3, 0.4) is 0 Å². The van der Waals surface area contributed by atoms with E-state index in [9.17, 15) is 52.5 Å². The predicted molar refractivity (Wildman–Crippen MR) is 154 cm³/mol. The molecule has 1 heterocycles. The maximum absolute atomic E-state index is 12.2. The zero-order valence-electron chi connectivity index (χ0n) is 26.5. The SMILES string of the molecule is CCCCCCCCCCCCn1cc[n+](CCCCCCCCCCC)c1.O=S(=O)([O-])C(F)(F)C(F)(F)C(F)(F)C(F)(F)F. The normalized spacial score (nSPS) is 13.2. The van der Waals surface area contributed by atoms with Gasteiger partial charge in [-0.25, -0.2) is 17.6 Å². The van der Waals surface area contributed by atoms with E-state index in [1.165, 1.54) is 135 Å². The van der Waals surface area contributed by atoms with Gasteiger partial charge in [0.25, 0.3) is 0 Å². The van der Waals surface area contributed by atoms with Gasteiger partial charge >= 0.3 is 23.3 Å². The van der Waals surface area contributed by atoms with Crippen LogP contribution in [0.1, 0.15) is 136 Å². The Morgan fingerprint density at radius 2 is 0.978 bits per heavy atom.